The number of carbonyl (C=O) groups is 2. The molecule has 7 heteroatoms. The summed E-state index contributed by atoms with van der Waals surface area (Å²) in [4.78, 5) is 28.6. The Bertz CT molecular complexity index is 996. The minimum absolute atomic E-state index is 0.0138. The monoisotopic (exact) mass is 452 g/mol. The fourth-order valence-electron chi connectivity index (χ4n) is 3.78. The fourth-order valence-corrected chi connectivity index (χ4v) is 3.78. The maximum atomic E-state index is 13.5. The highest BCUT2D eigenvalue weighted by Gasteiger charge is 2.44. The summed E-state index contributed by atoms with van der Waals surface area (Å²) in [5, 5.41) is 13.5. The molecule has 1 aliphatic rings. The Hall–Kier alpha value is -3.32. The number of nitrogens with one attached hydrogen (secondary N) is 1. The van der Waals surface area contributed by atoms with E-state index in [-0.39, 0.29) is 5.57 Å². The van der Waals surface area contributed by atoms with Gasteiger partial charge < -0.3 is 24.4 Å². The van der Waals surface area contributed by atoms with Crippen molar-refractivity contribution in [3.05, 3.63) is 65.2 Å². The Morgan fingerprint density at radius 1 is 0.970 bits per heavy atom. The average molecular weight is 453 g/mol. The van der Waals surface area contributed by atoms with Gasteiger partial charge in [-0.15, -0.1) is 0 Å². The molecule has 0 radical (unpaired) electrons. The van der Waals surface area contributed by atoms with Crippen LogP contribution >= 0.6 is 0 Å². The van der Waals surface area contributed by atoms with Crippen LogP contribution in [0.4, 0.5) is 0 Å². The number of ether oxygens (including phenoxy) is 2. The largest absolute Gasteiger partial charge is 0.872 e. The first-order valence-electron chi connectivity index (χ1n) is 11.4. The van der Waals surface area contributed by atoms with Crippen molar-refractivity contribution in [2.75, 3.05) is 40.4 Å². The van der Waals surface area contributed by atoms with Crippen LogP contribution in [0.2, 0.25) is 0 Å². The summed E-state index contributed by atoms with van der Waals surface area (Å²) >= 11 is 0. The summed E-state index contributed by atoms with van der Waals surface area (Å²) in [5.74, 6) is -0.461. The molecule has 1 amide bonds. The summed E-state index contributed by atoms with van der Waals surface area (Å²) < 4.78 is 11.1. The molecule has 1 saturated heterocycles. The molecule has 0 saturated carbocycles. The van der Waals surface area contributed by atoms with E-state index in [1.165, 1.54) is 4.90 Å². The zero-order valence-electron chi connectivity index (χ0n) is 19.7. The van der Waals surface area contributed by atoms with Gasteiger partial charge in [0.15, 0.2) is 0 Å². The number of hydrogen-bond donors (Lipinski definition) is 1. The quantitative estimate of drug-likeness (QED) is 0.333. The van der Waals surface area contributed by atoms with Crippen LogP contribution in [0.25, 0.3) is 5.76 Å². The Labute approximate surface area is 195 Å². The third-order valence-electron chi connectivity index (χ3n) is 5.48. The maximum Gasteiger partial charge on any atom is 0.295 e. The zero-order valence-corrected chi connectivity index (χ0v) is 19.7. The van der Waals surface area contributed by atoms with Gasteiger partial charge in [-0.3, -0.25) is 9.59 Å². The van der Waals surface area contributed by atoms with E-state index in [1.54, 1.807) is 36.4 Å². The van der Waals surface area contributed by atoms with Crippen LogP contribution in [-0.2, 0) is 9.59 Å². The Morgan fingerprint density at radius 3 is 2.15 bits per heavy atom. The van der Waals surface area contributed by atoms with E-state index in [0.29, 0.717) is 48.9 Å². The third kappa shape index (κ3) is 5.54. The zero-order chi connectivity index (χ0) is 24.0. The minimum atomic E-state index is -0.737. The number of benzene rings is 2. The number of likely N-dealkylation sites (tertiary alicyclic amines) is 1. The lowest BCUT2D eigenvalue weighted by Crippen LogP contribution is -3.06. The van der Waals surface area contributed by atoms with Gasteiger partial charge in [-0.2, -0.15) is 0 Å². The van der Waals surface area contributed by atoms with Crippen molar-refractivity contribution in [2.24, 2.45) is 0 Å². The highest BCUT2D eigenvalue weighted by atomic mass is 16.5. The summed E-state index contributed by atoms with van der Waals surface area (Å²) in [6.07, 6.45) is 0.878. The van der Waals surface area contributed by atoms with Crippen LogP contribution in [0.15, 0.2) is 54.1 Å². The highest BCUT2D eigenvalue weighted by molar-refractivity contribution is 6.46. The summed E-state index contributed by atoms with van der Waals surface area (Å²) in [5.41, 5.74) is 1.05. The topological polar surface area (TPSA) is 83.3 Å². The number of likely N-dealkylation sites (N-methyl/N-ethyl adjacent to an activating group) is 1. The molecule has 1 heterocycles. The molecule has 1 atom stereocenters. The van der Waals surface area contributed by atoms with Crippen molar-refractivity contribution in [1.29, 1.82) is 0 Å². The van der Waals surface area contributed by atoms with Gasteiger partial charge in [0.2, 0.25) is 5.78 Å². The standard InChI is InChI=1S/C26H32N2O5/c1-5-17-33-21-13-9-19(10-14-21)24(29)22-23(18-7-11-20(12-8-18)32-6-2)28(16-15-27(3)4)26(31)25(22)30/h7-14,23,29H,5-6,15-17H2,1-4H3. The number of carbonyl (C=O) groups excluding carboxylic acids is 2. The third-order valence-corrected chi connectivity index (χ3v) is 5.48. The molecule has 2 aromatic rings. The normalized spacial score (nSPS) is 17.6. The van der Waals surface area contributed by atoms with Crippen molar-refractivity contribution >= 4 is 17.4 Å². The number of nitrogens with zero attached hydrogens (tertiary/aromatic N) is 1. The Balaban J connectivity index is 2.03. The molecule has 1 N–H and O–H groups in total. The van der Waals surface area contributed by atoms with E-state index in [9.17, 15) is 14.7 Å². The number of hydrogen-bond acceptors (Lipinski definition) is 5. The summed E-state index contributed by atoms with van der Waals surface area (Å²) in [6.45, 7) is 6.05. The van der Waals surface area contributed by atoms with Crippen molar-refractivity contribution in [1.82, 2.24) is 4.90 Å². The van der Waals surface area contributed by atoms with Gasteiger partial charge in [0.1, 0.15) is 11.5 Å². The Kier molecular flexibility index (Phi) is 8.11. The predicted molar refractivity (Wildman–Crippen MR) is 124 cm³/mol. The van der Waals surface area contributed by atoms with Gasteiger partial charge in [0, 0.05) is 5.57 Å². The first kappa shape index (κ1) is 24.3. The molecule has 0 aromatic heterocycles. The first-order chi connectivity index (χ1) is 15.9. The summed E-state index contributed by atoms with van der Waals surface area (Å²) in [6, 6.07) is 13.2. The minimum Gasteiger partial charge on any atom is -0.872 e. The van der Waals surface area contributed by atoms with Crippen LogP contribution in [0.3, 0.4) is 0 Å². The average Bonchev–Trinajstić information content (AvgIpc) is 3.06. The highest BCUT2D eigenvalue weighted by Crippen LogP contribution is 2.39. The van der Waals surface area contributed by atoms with Crippen LogP contribution in [0.1, 0.15) is 37.4 Å². The predicted octanol–water partition coefficient (Wildman–Crippen LogP) is 1.24. The molecule has 3 rings (SSSR count). The van der Waals surface area contributed by atoms with Crippen LogP contribution in [0.5, 0.6) is 11.5 Å². The Morgan fingerprint density at radius 2 is 1.58 bits per heavy atom. The van der Waals surface area contributed by atoms with E-state index in [4.69, 9.17) is 9.47 Å². The van der Waals surface area contributed by atoms with Crippen LogP contribution in [0, 0.1) is 0 Å². The molecule has 0 spiro atoms. The van der Waals surface area contributed by atoms with Gasteiger partial charge in [0.25, 0.3) is 5.91 Å². The smallest absolute Gasteiger partial charge is 0.295 e. The second kappa shape index (κ2) is 11.0. The number of rotatable bonds is 10. The number of ketones is 1. The first-order valence-corrected chi connectivity index (χ1v) is 11.4. The lowest BCUT2D eigenvalue weighted by molar-refractivity contribution is -0.857. The SMILES string of the molecule is CCCOc1ccc(C([O-])=C2C(=O)C(=O)N(CC[NH+](C)C)C2c2ccc(OCC)cc2)cc1. The number of amides is 1. The summed E-state index contributed by atoms with van der Waals surface area (Å²) in [7, 11) is 3.96. The van der Waals surface area contributed by atoms with E-state index in [1.807, 2.05) is 40.1 Å². The molecule has 2 aromatic carbocycles. The van der Waals surface area contributed by atoms with Gasteiger partial charge >= 0.3 is 0 Å². The molecular formula is C26H32N2O5. The molecule has 1 aliphatic heterocycles. The second-order valence-corrected chi connectivity index (χ2v) is 8.31. The van der Waals surface area contributed by atoms with E-state index >= 15 is 0 Å². The van der Waals surface area contributed by atoms with Gasteiger partial charge in [-0.25, -0.2) is 0 Å². The molecule has 0 aliphatic carbocycles. The molecular weight excluding hydrogens is 420 g/mol. The van der Waals surface area contributed by atoms with Crippen molar-refractivity contribution in [3.8, 4) is 11.5 Å². The lowest BCUT2D eigenvalue weighted by Gasteiger charge is -2.28. The lowest BCUT2D eigenvalue weighted by atomic mass is 9.95. The molecule has 1 unspecified atom stereocenters. The van der Waals surface area contributed by atoms with Crippen LogP contribution < -0.4 is 19.5 Å². The number of Topliss-reactive ketones (excluding diaryl/α,β-unsaturated/α-hetero) is 1. The second-order valence-electron chi connectivity index (χ2n) is 8.31. The molecule has 0 bridgehead atoms. The molecule has 33 heavy (non-hydrogen) atoms. The van der Waals surface area contributed by atoms with Crippen molar-refractivity contribution in [3.63, 3.8) is 0 Å². The van der Waals surface area contributed by atoms with Crippen LogP contribution in [-0.4, -0.2) is 57.0 Å². The van der Waals surface area contributed by atoms with Crippen molar-refractivity contribution in [2.45, 2.75) is 26.3 Å². The molecule has 7 nitrogen and oxygen atoms in total. The number of quaternary nitrogens is 1. The fraction of sp³-hybridized carbons (Fsp3) is 0.385. The van der Waals surface area contributed by atoms with Gasteiger partial charge in [-0.05, 0) is 48.7 Å². The van der Waals surface area contributed by atoms with Gasteiger partial charge in [-0.1, -0.05) is 36.9 Å². The molecule has 176 valence electrons. The maximum absolute atomic E-state index is 13.5. The van der Waals surface area contributed by atoms with E-state index < -0.39 is 23.5 Å². The van der Waals surface area contributed by atoms with Crippen molar-refractivity contribution < 1.29 is 29.1 Å². The van der Waals surface area contributed by atoms with Gasteiger partial charge in [0.05, 0.1) is 46.4 Å². The van der Waals surface area contributed by atoms with E-state index in [2.05, 4.69) is 0 Å². The molecule has 1 fully saturated rings. The van der Waals surface area contributed by atoms with E-state index in [0.717, 1.165) is 11.3 Å².